The van der Waals surface area contributed by atoms with E-state index in [9.17, 15) is 4.79 Å². The maximum atomic E-state index is 10.2. The fourth-order valence-corrected chi connectivity index (χ4v) is 0.581. The molecule has 0 radical (unpaired) electrons. The van der Waals surface area contributed by atoms with E-state index in [1.54, 1.807) is 30.3 Å². The van der Waals surface area contributed by atoms with Gasteiger partial charge < -0.3 is 5.11 Å². The van der Waals surface area contributed by atoms with Crippen LogP contribution in [-0.2, 0) is 0 Å². The Hall–Kier alpha value is 1.33. The Morgan fingerprint density at radius 2 is 1.64 bits per heavy atom. The third-order valence-electron chi connectivity index (χ3n) is 1.02. The van der Waals surface area contributed by atoms with Crippen LogP contribution in [0.15, 0.2) is 30.3 Å². The molecule has 1 N–H and O–H groups in total. The van der Waals surface area contributed by atoms with Crippen LogP contribution in [0, 0.1) is 0 Å². The molecule has 1 rings (SSSR count). The Bertz CT molecular complexity index is 213. The van der Waals surface area contributed by atoms with Crippen LogP contribution in [0.25, 0.3) is 0 Å². The molecule has 0 atom stereocenters. The molecule has 1 aromatic rings. The third kappa shape index (κ3) is 5.55. The monoisotopic (exact) mass is 186 g/mol. The molecule has 0 heterocycles. The molecule has 11 heavy (non-hydrogen) atoms. The van der Waals surface area contributed by atoms with Crippen LogP contribution in [0.2, 0.25) is 0 Å². The van der Waals surface area contributed by atoms with E-state index in [0.717, 1.165) is 0 Å². The summed E-state index contributed by atoms with van der Waals surface area (Å²) in [6, 6.07) is 8.30. The van der Waals surface area contributed by atoms with Gasteiger partial charge in [0.15, 0.2) is 0 Å². The predicted molar refractivity (Wildman–Crippen MR) is 47.7 cm³/mol. The van der Waals surface area contributed by atoms with Gasteiger partial charge in [0, 0.05) is 0 Å². The molecule has 0 aliphatic heterocycles. The van der Waals surface area contributed by atoms with Crippen molar-refractivity contribution in [2.45, 2.75) is 0 Å². The van der Waals surface area contributed by atoms with Crippen molar-refractivity contribution in [3.05, 3.63) is 35.9 Å². The topological polar surface area (TPSA) is 37.3 Å². The Labute approximate surface area is 130 Å². The van der Waals surface area contributed by atoms with E-state index in [1.165, 1.54) is 0 Å². The molecule has 0 fully saturated rings. The fourth-order valence-electron chi connectivity index (χ4n) is 0.581. The minimum absolute atomic E-state index is 0. The molecule has 0 aliphatic carbocycles. The second-order valence-corrected chi connectivity index (χ2v) is 1.67. The zero-order valence-corrected chi connectivity index (χ0v) is 4.74. The molecular formula is C7H8KNaO2. The molecule has 0 spiro atoms. The number of rotatable bonds is 1. The number of carboxylic acids is 1. The minimum atomic E-state index is -0.879. The van der Waals surface area contributed by atoms with Crippen molar-refractivity contribution >= 4 is 86.9 Å². The summed E-state index contributed by atoms with van der Waals surface area (Å²) >= 11 is 0. The summed E-state index contributed by atoms with van der Waals surface area (Å²) in [5.41, 5.74) is 0.331. The molecule has 0 saturated heterocycles. The van der Waals surface area contributed by atoms with Crippen LogP contribution in [0.4, 0.5) is 0 Å². The van der Waals surface area contributed by atoms with Gasteiger partial charge in [-0.3, -0.25) is 0 Å². The maximum absolute atomic E-state index is 10.2. The molecule has 0 aromatic heterocycles. The summed E-state index contributed by atoms with van der Waals surface area (Å²) in [7, 11) is 0. The first-order valence-electron chi connectivity index (χ1n) is 2.59. The average molecular weight is 186 g/mol. The van der Waals surface area contributed by atoms with Crippen molar-refractivity contribution in [3.8, 4) is 0 Å². The summed E-state index contributed by atoms with van der Waals surface area (Å²) < 4.78 is 0. The quantitative estimate of drug-likeness (QED) is 0.631. The molecular weight excluding hydrogens is 178 g/mol. The summed E-state index contributed by atoms with van der Waals surface area (Å²) in [5.74, 6) is -0.879. The molecule has 4 heteroatoms. The van der Waals surface area contributed by atoms with Crippen molar-refractivity contribution in [2.24, 2.45) is 0 Å². The first kappa shape index (κ1) is 14.8. The summed E-state index contributed by atoms with van der Waals surface area (Å²) in [5, 5.41) is 8.38. The van der Waals surface area contributed by atoms with Crippen LogP contribution >= 0.6 is 0 Å². The molecule has 0 aliphatic rings. The van der Waals surface area contributed by atoms with E-state index >= 15 is 0 Å². The first-order valence-corrected chi connectivity index (χ1v) is 2.59. The molecule has 50 valence electrons. The van der Waals surface area contributed by atoms with E-state index < -0.39 is 5.97 Å². The van der Waals surface area contributed by atoms with Crippen LogP contribution < -0.4 is 0 Å². The van der Waals surface area contributed by atoms with E-state index in [-0.39, 0.29) is 80.9 Å². The van der Waals surface area contributed by atoms with E-state index in [4.69, 9.17) is 5.11 Å². The Balaban J connectivity index is 0. The molecule has 2 nitrogen and oxygen atoms in total. The average Bonchev–Trinajstić information content (AvgIpc) is 1.90. The molecule has 0 bridgehead atoms. The fraction of sp³-hybridized carbons (Fsp3) is 0. The van der Waals surface area contributed by atoms with Gasteiger partial charge in [0.2, 0.25) is 0 Å². The number of aromatic carboxylic acids is 1. The summed E-state index contributed by atoms with van der Waals surface area (Å²) in [4.78, 5) is 10.2. The van der Waals surface area contributed by atoms with Gasteiger partial charge in [0.25, 0.3) is 0 Å². The molecule has 0 amide bonds. The second kappa shape index (κ2) is 7.95. The van der Waals surface area contributed by atoms with Crippen molar-refractivity contribution in [1.29, 1.82) is 0 Å². The standard InChI is InChI=1S/C7H6O2.K.Na.2H/c8-7(9)6-4-2-1-3-5-6;;;;/h1-5H,(H,8,9);;;;. The van der Waals surface area contributed by atoms with Crippen molar-refractivity contribution < 1.29 is 9.90 Å². The van der Waals surface area contributed by atoms with Crippen LogP contribution in [0.5, 0.6) is 0 Å². The molecule has 0 saturated carbocycles. The number of carbonyl (C=O) groups is 1. The van der Waals surface area contributed by atoms with Gasteiger partial charge in [-0.25, -0.2) is 4.79 Å². The van der Waals surface area contributed by atoms with Crippen LogP contribution in [0.1, 0.15) is 10.4 Å². The number of carboxylic acid groups (broad SMARTS) is 1. The number of hydrogen-bond donors (Lipinski definition) is 1. The van der Waals surface area contributed by atoms with Crippen LogP contribution in [0.3, 0.4) is 0 Å². The van der Waals surface area contributed by atoms with Gasteiger partial charge in [0.1, 0.15) is 0 Å². The van der Waals surface area contributed by atoms with Crippen molar-refractivity contribution in [1.82, 2.24) is 0 Å². The van der Waals surface area contributed by atoms with Gasteiger partial charge in [0.05, 0.1) is 5.56 Å². The Morgan fingerprint density at radius 3 is 1.91 bits per heavy atom. The zero-order chi connectivity index (χ0) is 6.69. The number of hydrogen-bond acceptors (Lipinski definition) is 1. The van der Waals surface area contributed by atoms with Gasteiger partial charge in [-0.2, -0.15) is 0 Å². The van der Waals surface area contributed by atoms with Crippen molar-refractivity contribution in [3.63, 3.8) is 0 Å². The number of benzene rings is 1. The summed E-state index contributed by atoms with van der Waals surface area (Å²) in [6.07, 6.45) is 0. The SMILES string of the molecule is O=C(O)c1ccccc1.[KH].[NaH]. The van der Waals surface area contributed by atoms with Gasteiger partial charge in [-0.15, -0.1) is 0 Å². The Kier molecular flexibility index (Phi) is 10.7. The van der Waals surface area contributed by atoms with Gasteiger partial charge in [-0.05, 0) is 12.1 Å². The van der Waals surface area contributed by atoms with E-state index in [1.807, 2.05) is 0 Å². The molecule has 0 unspecified atom stereocenters. The van der Waals surface area contributed by atoms with E-state index in [2.05, 4.69) is 0 Å². The van der Waals surface area contributed by atoms with E-state index in [0.29, 0.717) is 5.56 Å². The van der Waals surface area contributed by atoms with Gasteiger partial charge in [-0.1, -0.05) is 18.2 Å². The zero-order valence-electron chi connectivity index (χ0n) is 4.74. The second-order valence-electron chi connectivity index (χ2n) is 1.67. The normalized spacial score (nSPS) is 7.27. The third-order valence-corrected chi connectivity index (χ3v) is 1.02. The van der Waals surface area contributed by atoms with Crippen LogP contribution in [-0.4, -0.2) is 92.0 Å². The van der Waals surface area contributed by atoms with Crippen molar-refractivity contribution in [2.75, 3.05) is 0 Å². The van der Waals surface area contributed by atoms with Gasteiger partial charge >= 0.3 is 86.9 Å². The Morgan fingerprint density at radius 1 is 1.18 bits per heavy atom. The molecule has 1 aromatic carbocycles. The first-order chi connectivity index (χ1) is 4.30. The predicted octanol–water partition coefficient (Wildman–Crippen LogP) is 0.0878. The summed E-state index contributed by atoms with van der Waals surface area (Å²) in [6.45, 7) is 0.